The first-order chi connectivity index (χ1) is 14.4. The number of allylic oxidation sites excluding steroid dienone is 4. The van der Waals surface area contributed by atoms with Gasteiger partial charge in [-0.25, -0.2) is 0 Å². The van der Waals surface area contributed by atoms with Gasteiger partial charge < -0.3 is 0 Å². The van der Waals surface area contributed by atoms with Crippen molar-refractivity contribution in [1.29, 1.82) is 0 Å². The second-order valence-corrected chi connectivity index (χ2v) is 7.00. The second kappa shape index (κ2) is 12.2. The summed E-state index contributed by atoms with van der Waals surface area (Å²) >= 11 is 5.34. The summed E-state index contributed by atoms with van der Waals surface area (Å²) in [5.74, 6) is -0.651. The molecule has 1 aliphatic heterocycles. The Labute approximate surface area is 186 Å². The molecule has 0 spiro atoms. The second-order valence-electron chi connectivity index (χ2n) is 6.63. The first-order valence-electron chi connectivity index (χ1n) is 10.8. The highest BCUT2D eigenvalue weighted by Crippen LogP contribution is 2.34. The highest BCUT2D eigenvalue weighted by molar-refractivity contribution is 7.80. The van der Waals surface area contributed by atoms with E-state index in [4.69, 9.17) is 12.2 Å². The third-order valence-electron chi connectivity index (χ3n) is 4.58. The van der Waals surface area contributed by atoms with Crippen LogP contribution in [0.5, 0.6) is 0 Å². The van der Waals surface area contributed by atoms with Crippen molar-refractivity contribution >= 4 is 34.7 Å². The molecule has 1 heterocycles. The Kier molecular flexibility index (Phi) is 10.4. The van der Waals surface area contributed by atoms with Crippen LogP contribution >= 0.6 is 12.2 Å². The fourth-order valence-electron chi connectivity index (χ4n) is 3.28. The number of hydrogen-bond acceptors (Lipinski definition) is 3. The molecule has 0 unspecified atom stereocenters. The molecule has 1 fully saturated rings. The highest BCUT2D eigenvalue weighted by Gasteiger charge is 2.40. The van der Waals surface area contributed by atoms with Gasteiger partial charge in [0.15, 0.2) is 5.11 Å². The lowest BCUT2D eigenvalue weighted by Crippen LogP contribution is -2.56. The minimum Gasteiger partial charge on any atom is -0.285 e. The molecule has 0 saturated carbocycles. The quantitative estimate of drug-likeness (QED) is 0.362. The SMILES string of the molecule is C=CC1=CC(=C2C(=O)N(CC)C(=S)N(CC)C2=O)c2ccccc2C1.CC.CCC. The van der Waals surface area contributed by atoms with Crippen LogP contribution < -0.4 is 0 Å². The van der Waals surface area contributed by atoms with Gasteiger partial charge in [-0.2, -0.15) is 0 Å². The fraction of sp³-hybridized carbons (Fsp3) is 0.400. The van der Waals surface area contributed by atoms with Crippen molar-refractivity contribution in [1.82, 2.24) is 9.80 Å². The summed E-state index contributed by atoms with van der Waals surface area (Å²) in [7, 11) is 0. The van der Waals surface area contributed by atoms with E-state index in [9.17, 15) is 9.59 Å². The number of amides is 2. The van der Waals surface area contributed by atoms with E-state index in [1.165, 1.54) is 16.2 Å². The summed E-state index contributed by atoms with van der Waals surface area (Å²) in [6, 6.07) is 7.85. The number of rotatable bonds is 3. The molecule has 162 valence electrons. The van der Waals surface area contributed by atoms with Crippen LogP contribution in [-0.4, -0.2) is 39.8 Å². The molecule has 1 saturated heterocycles. The van der Waals surface area contributed by atoms with E-state index in [1.54, 1.807) is 6.08 Å². The molecule has 1 aromatic rings. The van der Waals surface area contributed by atoms with Gasteiger partial charge in [0.05, 0.1) is 0 Å². The number of carbonyl (C=O) groups excluding carboxylic acids is 2. The van der Waals surface area contributed by atoms with E-state index in [-0.39, 0.29) is 22.5 Å². The Hall–Kier alpha value is -2.53. The lowest BCUT2D eigenvalue weighted by molar-refractivity contribution is -0.133. The van der Waals surface area contributed by atoms with E-state index in [1.807, 2.05) is 58.0 Å². The number of fused-ring (bicyclic) bond motifs is 1. The first-order valence-corrected chi connectivity index (χ1v) is 11.2. The molecule has 0 N–H and O–H groups in total. The van der Waals surface area contributed by atoms with Crippen molar-refractivity contribution < 1.29 is 9.59 Å². The molecule has 30 heavy (non-hydrogen) atoms. The van der Waals surface area contributed by atoms with Gasteiger partial charge in [0.25, 0.3) is 11.8 Å². The van der Waals surface area contributed by atoms with Gasteiger partial charge in [-0.1, -0.05) is 71.0 Å². The molecular formula is C25H34N2O2S. The predicted molar refractivity (Wildman–Crippen MR) is 130 cm³/mol. The molecule has 0 bridgehead atoms. The molecular weight excluding hydrogens is 392 g/mol. The summed E-state index contributed by atoms with van der Waals surface area (Å²) in [5, 5.41) is 0.279. The van der Waals surface area contributed by atoms with Gasteiger partial charge in [0.2, 0.25) is 0 Å². The lowest BCUT2D eigenvalue weighted by atomic mass is 9.84. The van der Waals surface area contributed by atoms with Crippen molar-refractivity contribution in [3.8, 4) is 0 Å². The molecule has 3 rings (SSSR count). The number of nitrogens with zero attached hydrogens (tertiary/aromatic N) is 2. The average molecular weight is 427 g/mol. The Morgan fingerprint density at radius 1 is 1.00 bits per heavy atom. The van der Waals surface area contributed by atoms with Crippen LogP contribution in [0.3, 0.4) is 0 Å². The van der Waals surface area contributed by atoms with Crippen LogP contribution in [0.15, 0.2) is 54.1 Å². The van der Waals surface area contributed by atoms with Gasteiger partial charge >= 0.3 is 0 Å². The van der Waals surface area contributed by atoms with Crippen molar-refractivity contribution in [3.05, 3.63) is 65.3 Å². The molecule has 5 heteroatoms. The minimum absolute atomic E-state index is 0.184. The zero-order valence-electron chi connectivity index (χ0n) is 19.1. The molecule has 0 radical (unpaired) electrons. The Morgan fingerprint density at radius 2 is 1.50 bits per heavy atom. The number of carbonyl (C=O) groups is 2. The van der Waals surface area contributed by atoms with Gasteiger partial charge in [-0.05, 0) is 55.3 Å². The highest BCUT2D eigenvalue weighted by atomic mass is 32.1. The normalized spacial score (nSPS) is 15.5. The van der Waals surface area contributed by atoms with E-state index in [0.29, 0.717) is 18.7 Å². The van der Waals surface area contributed by atoms with Crippen LogP contribution in [0.1, 0.15) is 59.1 Å². The number of likely N-dealkylation sites (N-methyl/N-ethyl adjacent to an activating group) is 2. The topological polar surface area (TPSA) is 40.6 Å². The summed E-state index contributed by atoms with van der Waals surface area (Å²) in [6.45, 7) is 16.7. The maximum atomic E-state index is 13.0. The Bertz CT molecular complexity index is 840. The number of benzene rings is 1. The molecule has 2 amide bonds. The zero-order valence-corrected chi connectivity index (χ0v) is 19.9. The Morgan fingerprint density at radius 3 is 1.97 bits per heavy atom. The molecule has 0 aromatic heterocycles. The largest absolute Gasteiger partial charge is 0.285 e. The molecule has 2 aliphatic rings. The van der Waals surface area contributed by atoms with E-state index in [2.05, 4.69) is 20.4 Å². The summed E-state index contributed by atoms with van der Waals surface area (Å²) in [5.41, 5.74) is 3.84. The van der Waals surface area contributed by atoms with Crippen molar-refractivity contribution in [3.63, 3.8) is 0 Å². The fourth-order valence-corrected chi connectivity index (χ4v) is 3.70. The summed E-state index contributed by atoms with van der Waals surface area (Å²) in [4.78, 5) is 29.0. The van der Waals surface area contributed by atoms with Crippen molar-refractivity contribution in [2.45, 2.75) is 54.4 Å². The van der Waals surface area contributed by atoms with Crippen molar-refractivity contribution in [2.24, 2.45) is 0 Å². The maximum absolute atomic E-state index is 13.0. The minimum atomic E-state index is -0.325. The monoisotopic (exact) mass is 426 g/mol. The Balaban J connectivity index is 0.000000826. The van der Waals surface area contributed by atoms with Crippen molar-refractivity contribution in [2.75, 3.05) is 13.1 Å². The first kappa shape index (κ1) is 25.5. The summed E-state index contributed by atoms with van der Waals surface area (Å²) < 4.78 is 0. The maximum Gasteiger partial charge on any atom is 0.266 e. The van der Waals surface area contributed by atoms with Crippen LogP contribution in [0.2, 0.25) is 0 Å². The third-order valence-corrected chi connectivity index (χ3v) is 5.02. The van der Waals surface area contributed by atoms with Crippen LogP contribution in [0.4, 0.5) is 0 Å². The van der Waals surface area contributed by atoms with Gasteiger partial charge in [0.1, 0.15) is 5.57 Å². The predicted octanol–water partition coefficient (Wildman–Crippen LogP) is 5.55. The van der Waals surface area contributed by atoms with E-state index in [0.717, 1.165) is 23.1 Å². The standard InChI is InChI=1S/C20H20N2O2S.C3H8.C2H6/c1-4-13-11-14-9-7-8-10-15(14)16(12-13)17-18(23)21(5-2)20(25)22(6-3)19(17)24;1-3-2;1-2/h4,7-10,12H,1,5-6,11H2,2-3H3;3H2,1-2H3;1-2H3. The molecule has 4 nitrogen and oxygen atoms in total. The van der Waals surface area contributed by atoms with E-state index >= 15 is 0 Å². The molecule has 1 aromatic carbocycles. The average Bonchev–Trinajstić information content (AvgIpc) is 2.76. The van der Waals surface area contributed by atoms with Gasteiger partial charge in [-0.15, -0.1) is 0 Å². The van der Waals surface area contributed by atoms with Crippen LogP contribution in [0.25, 0.3) is 5.57 Å². The summed E-state index contributed by atoms with van der Waals surface area (Å²) in [6.07, 6.45) is 5.66. The van der Waals surface area contributed by atoms with Gasteiger partial charge in [-0.3, -0.25) is 19.4 Å². The molecule has 0 atom stereocenters. The smallest absolute Gasteiger partial charge is 0.266 e. The number of hydrogen-bond donors (Lipinski definition) is 0. The zero-order chi connectivity index (χ0) is 22.8. The van der Waals surface area contributed by atoms with Crippen LogP contribution in [-0.2, 0) is 16.0 Å². The van der Waals surface area contributed by atoms with Gasteiger partial charge in [0, 0.05) is 18.7 Å². The van der Waals surface area contributed by atoms with Crippen LogP contribution in [0, 0.1) is 0 Å². The molecule has 1 aliphatic carbocycles. The van der Waals surface area contributed by atoms with E-state index < -0.39 is 0 Å². The third kappa shape index (κ3) is 5.14. The number of thiocarbonyl (C=S) groups is 1. The lowest BCUT2D eigenvalue weighted by Gasteiger charge is -2.36.